The lowest BCUT2D eigenvalue weighted by atomic mass is 10.1. The summed E-state index contributed by atoms with van der Waals surface area (Å²) in [6, 6.07) is 13.0. The summed E-state index contributed by atoms with van der Waals surface area (Å²) in [6.07, 6.45) is 0. The van der Waals surface area contributed by atoms with E-state index in [1.807, 2.05) is 35.7 Å². The predicted molar refractivity (Wildman–Crippen MR) is 111 cm³/mol. The zero-order valence-corrected chi connectivity index (χ0v) is 16.4. The van der Waals surface area contributed by atoms with E-state index in [2.05, 4.69) is 9.97 Å². The zero-order chi connectivity index (χ0) is 19.7. The Balaban J connectivity index is 1.81. The van der Waals surface area contributed by atoms with Crippen LogP contribution >= 0.6 is 11.3 Å². The molecule has 4 rings (SSSR count). The minimum atomic E-state index is -0.179. The van der Waals surface area contributed by atoms with Gasteiger partial charge < -0.3 is 19.2 Å². The standard InChI is InChI=1S/C21H18N2O4S/c1-25-14-7-4-12(5-8-14)15-11-28-21-18(15)20(24)22-19(23-21)13-6-9-16(26-2)17(10-13)27-3/h4-11H,1-3H3,(H,22,23,24). The number of fused-ring (bicyclic) bond motifs is 1. The molecular formula is C21H18N2O4S. The second-order valence-corrected chi connectivity index (χ2v) is 6.90. The van der Waals surface area contributed by atoms with Crippen LogP contribution in [0, 0.1) is 0 Å². The fourth-order valence-electron chi connectivity index (χ4n) is 3.05. The van der Waals surface area contributed by atoms with Crippen molar-refractivity contribution >= 4 is 21.6 Å². The van der Waals surface area contributed by atoms with Gasteiger partial charge in [0.15, 0.2) is 11.5 Å². The lowest BCUT2D eigenvalue weighted by Crippen LogP contribution is -2.09. The predicted octanol–water partition coefficient (Wildman–Crippen LogP) is 4.34. The number of hydrogen-bond acceptors (Lipinski definition) is 6. The molecule has 28 heavy (non-hydrogen) atoms. The number of ether oxygens (including phenoxy) is 3. The number of H-pyrrole nitrogens is 1. The summed E-state index contributed by atoms with van der Waals surface area (Å²) in [7, 11) is 4.77. The maximum Gasteiger partial charge on any atom is 0.260 e. The largest absolute Gasteiger partial charge is 0.497 e. The molecule has 2 aromatic heterocycles. The van der Waals surface area contributed by atoms with E-state index >= 15 is 0 Å². The molecular weight excluding hydrogens is 376 g/mol. The van der Waals surface area contributed by atoms with Gasteiger partial charge in [0.25, 0.3) is 5.56 Å². The summed E-state index contributed by atoms with van der Waals surface area (Å²) >= 11 is 1.44. The van der Waals surface area contributed by atoms with E-state index in [-0.39, 0.29) is 5.56 Å². The van der Waals surface area contributed by atoms with Gasteiger partial charge in [-0.1, -0.05) is 12.1 Å². The molecule has 142 valence electrons. The van der Waals surface area contributed by atoms with Gasteiger partial charge in [-0.3, -0.25) is 4.79 Å². The van der Waals surface area contributed by atoms with Crippen molar-refractivity contribution < 1.29 is 14.2 Å². The molecule has 1 N–H and O–H groups in total. The Hall–Kier alpha value is -3.32. The maximum atomic E-state index is 12.9. The molecule has 0 amide bonds. The summed E-state index contributed by atoms with van der Waals surface area (Å²) in [5, 5.41) is 2.53. The van der Waals surface area contributed by atoms with Crippen LogP contribution in [0.1, 0.15) is 0 Å². The van der Waals surface area contributed by atoms with E-state index in [9.17, 15) is 4.79 Å². The first kappa shape index (κ1) is 18.1. The van der Waals surface area contributed by atoms with Crippen molar-refractivity contribution in [2.24, 2.45) is 0 Å². The number of rotatable bonds is 5. The van der Waals surface area contributed by atoms with Crippen LogP contribution in [-0.4, -0.2) is 31.3 Å². The van der Waals surface area contributed by atoms with Crippen LogP contribution in [0.3, 0.4) is 0 Å². The summed E-state index contributed by atoms with van der Waals surface area (Å²) < 4.78 is 15.8. The topological polar surface area (TPSA) is 73.4 Å². The van der Waals surface area contributed by atoms with Crippen molar-refractivity contribution in [3.05, 3.63) is 58.2 Å². The van der Waals surface area contributed by atoms with Gasteiger partial charge in [0.1, 0.15) is 16.4 Å². The molecule has 6 nitrogen and oxygen atoms in total. The molecule has 4 aromatic rings. The number of thiophene rings is 1. The summed E-state index contributed by atoms with van der Waals surface area (Å²) in [4.78, 5) is 21.1. The fraction of sp³-hybridized carbons (Fsp3) is 0.143. The Morgan fingerprint density at radius 2 is 1.61 bits per heavy atom. The number of aromatic nitrogens is 2. The van der Waals surface area contributed by atoms with Gasteiger partial charge in [0, 0.05) is 16.5 Å². The van der Waals surface area contributed by atoms with Gasteiger partial charge in [0.05, 0.1) is 26.7 Å². The number of benzene rings is 2. The molecule has 0 saturated heterocycles. The van der Waals surface area contributed by atoms with Crippen LogP contribution in [-0.2, 0) is 0 Å². The van der Waals surface area contributed by atoms with Gasteiger partial charge in [-0.15, -0.1) is 11.3 Å². The third-order valence-electron chi connectivity index (χ3n) is 4.50. The normalized spacial score (nSPS) is 10.8. The Morgan fingerprint density at radius 1 is 0.893 bits per heavy atom. The highest BCUT2D eigenvalue weighted by atomic mass is 32.1. The molecule has 0 unspecified atom stereocenters. The molecule has 0 bridgehead atoms. The number of methoxy groups -OCH3 is 3. The Kier molecular flexibility index (Phi) is 4.75. The Bertz CT molecular complexity index is 1200. The quantitative estimate of drug-likeness (QED) is 0.545. The fourth-order valence-corrected chi connectivity index (χ4v) is 4.00. The Labute approximate surface area is 165 Å². The average Bonchev–Trinajstić information content (AvgIpc) is 3.18. The smallest absolute Gasteiger partial charge is 0.260 e. The molecule has 0 aliphatic heterocycles. The van der Waals surface area contributed by atoms with Crippen LogP contribution in [0.4, 0.5) is 0 Å². The van der Waals surface area contributed by atoms with E-state index in [1.54, 1.807) is 33.5 Å². The van der Waals surface area contributed by atoms with Crippen LogP contribution in [0.2, 0.25) is 0 Å². The second-order valence-electron chi connectivity index (χ2n) is 6.04. The van der Waals surface area contributed by atoms with Gasteiger partial charge in [-0.25, -0.2) is 4.98 Å². The highest BCUT2D eigenvalue weighted by molar-refractivity contribution is 7.17. The lowest BCUT2D eigenvalue weighted by molar-refractivity contribution is 0.355. The molecule has 0 aliphatic carbocycles. The third-order valence-corrected chi connectivity index (χ3v) is 5.37. The summed E-state index contributed by atoms with van der Waals surface area (Å²) in [5.74, 6) is 2.45. The van der Waals surface area contributed by atoms with Crippen molar-refractivity contribution in [3.8, 4) is 39.8 Å². The van der Waals surface area contributed by atoms with E-state index < -0.39 is 0 Å². The molecule has 2 heterocycles. The zero-order valence-electron chi connectivity index (χ0n) is 15.6. The molecule has 0 fully saturated rings. The minimum Gasteiger partial charge on any atom is -0.497 e. The van der Waals surface area contributed by atoms with Crippen molar-refractivity contribution in [2.75, 3.05) is 21.3 Å². The van der Waals surface area contributed by atoms with Gasteiger partial charge in [-0.05, 0) is 35.9 Å². The van der Waals surface area contributed by atoms with Gasteiger partial charge in [0.2, 0.25) is 0 Å². The first-order valence-corrected chi connectivity index (χ1v) is 9.41. The molecule has 0 saturated carbocycles. The monoisotopic (exact) mass is 394 g/mol. The summed E-state index contributed by atoms with van der Waals surface area (Å²) in [5.41, 5.74) is 2.37. The number of hydrogen-bond donors (Lipinski definition) is 1. The molecule has 0 aliphatic rings. The second kappa shape index (κ2) is 7.36. The third kappa shape index (κ3) is 3.10. The van der Waals surface area contributed by atoms with Gasteiger partial charge >= 0.3 is 0 Å². The van der Waals surface area contributed by atoms with E-state index in [0.29, 0.717) is 27.5 Å². The van der Waals surface area contributed by atoms with Crippen molar-refractivity contribution in [3.63, 3.8) is 0 Å². The van der Waals surface area contributed by atoms with E-state index in [0.717, 1.165) is 22.4 Å². The van der Waals surface area contributed by atoms with Crippen LogP contribution in [0.25, 0.3) is 32.7 Å². The highest BCUT2D eigenvalue weighted by Gasteiger charge is 2.15. The average molecular weight is 394 g/mol. The van der Waals surface area contributed by atoms with Crippen molar-refractivity contribution in [2.45, 2.75) is 0 Å². The van der Waals surface area contributed by atoms with E-state index in [4.69, 9.17) is 14.2 Å². The van der Waals surface area contributed by atoms with Crippen molar-refractivity contribution in [1.29, 1.82) is 0 Å². The molecule has 0 spiro atoms. The minimum absolute atomic E-state index is 0.179. The molecule has 2 aromatic carbocycles. The SMILES string of the molecule is COc1ccc(-c2csc3nc(-c4ccc(OC)c(OC)c4)[nH]c(=O)c23)cc1. The molecule has 0 radical (unpaired) electrons. The highest BCUT2D eigenvalue weighted by Crippen LogP contribution is 2.34. The number of aromatic amines is 1. The summed E-state index contributed by atoms with van der Waals surface area (Å²) in [6.45, 7) is 0. The maximum absolute atomic E-state index is 12.9. The number of nitrogens with zero attached hydrogens (tertiary/aromatic N) is 1. The van der Waals surface area contributed by atoms with Crippen LogP contribution in [0.15, 0.2) is 52.6 Å². The lowest BCUT2D eigenvalue weighted by Gasteiger charge is -2.09. The van der Waals surface area contributed by atoms with E-state index in [1.165, 1.54) is 11.3 Å². The number of nitrogens with one attached hydrogen (secondary N) is 1. The Morgan fingerprint density at radius 3 is 2.29 bits per heavy atom. The molecule has 0 atom stereocenters. The molecule has 7 heteroatoms. The van der Waals surface area contributed by atoms with Crippen LogP contribution in [0.5, 0.6) is 17.2 Å². The first-order chi connectivity index (χ1) is 13.6. The van der Waals surface area contributed by atoms with Crippen molar-refractivity contribution in [1.82, 2.24) is 9.97 Å². The first-order valence-electron chi connectivity index (χ1n) is 8.53. The van der Waals surface area contributed by atoms with Crippen LogP contribution < -0.4 is 19.8 Å². The van der Waals surface area contributed by atoms with Gasteiger partial charge in [-0.2, -0.15) is 0 Å².